The van der Waals surface area contributed by atoms with Crippen LogP contribution >= 0.6 is 0 Å². The van der Waals surface area contributed by atoms with E-state index in [1.54, 1.807) is 6.20 Å². The molecule has 0 bridgehead atoms. The molecule has 1 aliphatic heterocycles. The van der Waals surface area contributed by atoms with E-state index in [2.05, 4.69) is 56.8 Å². The van der Waals surface area contributed by atoms with Crippen LogP contribution < -0.4 is 15.1 Å². The first-order valence-corrected chi connectivity index (χ1v) is 9.99. The van der Waals surface area contributed by atoms with Crippen LogP contribution in [0.15, 0.2) is 67.3 Å². The molecule has 148 valence electrons. The Labute approximate surface area is 171 Å². The van der Waals surface area contributed by atoms with Crippen molar-refractivity contribution >= 4 is 17.3 Å². The molecule has 1 N–H and O–H groups in total. The summed E-state index contributed by atoms with van der Waals surface area (Å²) in [6.45, 7) is 11.2. The average molecular weight is 387 g/mol. The number of aromatic nitrogens is 3. The Balaban J connectivity index is 1.73. The van der Waals surface area contributed by atoms with Crippen LogP contribution in [0.3, 0.4) is 0 Å². The van der Waals surface area contributed by atoms with Gasteiger partial charge in [-0.25, -0.2) is 9.97 Å². The number of hydrogen-bond acceptors (Lipinski definition) is 6. The highest BCUT2D eigenvalue weighted by Gasteiger charge is 2.24. The smallest absolute Gasteiger partial charge is 0.158 e. The molecule has 0 saturated carbocycles. The van der Waals surface area contributed by atoms with Gasteiger partial charge in [0.15, 0.2) is 5.82 Å². The van der Waals surface area contributed by atoms with Crippen LogP contribution in [0, 0.1) is 6.92 Å². The number of fused-ring (bicyclic) bond motifs is 1. The molecule has 6 nitrogen and oxygen atoms in total. The third-order valence-corrected chi connectivity index (χ3v) is 5.11. The Morgan fingerprint density at radius 3 is 2.72 bits per heavy atom. The first kappa shape index (κ1) is 18.9. The molecule has 0 spiro atoms. The molecule has 0 saturated heterocycles. The summed E-state index contributed by atoms with van der Waals surface area (Å²) in [5, 5.41) is 3.33. The normalized spacial score (nSPS) is 13.6. The van der Waals surface area contributed by atoms with Crippen molar-refractivity contribution in [1.82, 2.24) is 15.0 Å². The van der Waals surface area contributed by atoms with Crippen LogP contribution in [0.4, 0.5) is 17.3 Å². The SMILES string of the molecule is C=C(Nc1ccccn1)N1CCCN(CC)c2ccc(-c3ccc(C)nc3)nc21. The van der Waals surface area contributed by atoms with E-state index in [0.717, 1.165) is 66.2 Å². The van der Waals surface area contributed by atoms with E-state index in [0.29, 0.717) is 0 Å². The summed E-state index contributed by atoms with van der Waals surface area (Å²) >= 11 is 0. The van der Waals surface area contributed by atoms with Crippen molar-refractivity contribution in [3.63, 3.8) is 0 Å². The van der Waals surface area contributed by atoms with Gasteiger partial charge in [0.05, 0.1) is 11.4 Å². The second-order valence-electron chi connectivity index (χ2n) is 7.10. The highest BCUT2D eigenvalue weighted by atomic mass is 15.3. The molecular weight excluding hydrogens is 360 g/mol. The number of nitrogens with one attached hydrogen (secondary N) is 1. The van der Waals surface area contributed by atoms with Gasteiger partial charge in [-0.3, -0.25) is 4.98 Å². The number of anilines is 3. The van der Waals surface area contributed by atoms with Gasteiger partial charge in [-0.05, 0) is 56.7 Å². The van der Waals surface area contributed by atoms with Gasteiger partial charge in [-0.1, -0.05) is 12.6 Å². The molecule has 29 heavy (non-hydrogen) atoms. The number of pyridine rings is 3. The van der Waals surface area contributed by atoms with Gasteiger partial charge in [-0.2, -0.15) is 0 Å². The molecule has 0 amide bonds. The lowest BCUT2D eigenvalue weighted by Crippen LogP contribution is -2.28. The second kappa shape index (κ2) is 8.31. The summed E-state index contributed by atoms with van der Waals surface area (Å²) in [5.74, 6) is 2.46. The van der Waals surface area contributed by atoms with Crippen molar-refractivity contribution < 1.29 is 0 Å². The van der Waals surface area contributed by atoms with Crippen LogP contribution in [0.25, 0.3) is 11.3 Å². The molecule has 3 aromatic rings. The van der Waals surface area contributed by atoms with E-state index < -0.39 is 0 Å². The van der Waals surface area contributed by atoms with Crippen LogP contribution in [-0.4, -0.2) is 34.6 Å². The molecule has 1 aliphatic rings. The van der Waals surface area contributed by atoms with E-state index >= 15 is 0 Å². The summed E-state index contributed by atoms with van der Waals surface area (Å²) in [6.07, 6.45) is 4.67. The van der Waals surface area contributed by atoms with Crippen molar-refractivity contribution in [1.29, 1.82) is 0 Å². The maximum absolute atomic E-state index is 5.04. The highest BCUT2D eigenvalue weighted by molar-refractivity contribution is 5.75. The molecule has 4 heterocycles. The predicted octanol–water partition coefficient (Wildman–Crippen LogP) is 4.47. The third kappa shape index (κ3) is 4.06. The fraction of sp³-hybridized carbons (Fsp3) is 0.261. The zero-order valence-electron chi connectivity index (χ0n) is 17.0. The standard InChI is InChI=1S/C23H26N6/c1-4-28-14-7-15-29(18(3)26-22-8-5-6-13-24-22)23-21(28)12-11-20(27-23)19-10-9-17(2)25-16-19/h5-6,8-13,16H,3-4,7,14-15H2,1-2H3,(H,24,26). The van der Waals surface area contributed by atoms with Crippen molar-refractivity contribution in [3.05, 3.63) is 73.0 Å². The molecule has 0 fully saturated rings. The Hall–Kier alpha value is -3.41. The largest absolute Gasteiger partial charge is 0.369 e. The Morgan fingerprint density at radius 2 is 2.00 bits per heavy atom. The summed E-state index contributed by atoms with van der Waals surface area (Å²) in [4.78, 5) is 18.3. The summed E-state index contributed by atoms with van der Waals surface area (Å²) < 4.78 is 0. The van der Waals surface area contributed by atoms with Gasteiger partial charge >= 0.3 is 0 Å². The van der Waals surface area contributed by atoms with Crippen LogP contribution in [0.5, 0.6) is 0 Å². The minimum Gasteiger partial charge on any atom is -0.369 e. The molecule has 3 aromatic heterocycles. The lowest BCUT2D eigenvalue weighted by atomic mass is 10.1. The Bertz CT molecular complexity index is 984. The zero-order valence-corrected chi connectivity index (χ0v) is 17.0. The topological polar surface area (TPSA) is 57.2 Å². The maximum Gasteiger partial charge on any atom is 0.158 e. The Kier molecular flexibility index (Phi) is 5.42. The fourth-order valence-electron chi connectivity index (χ4n) is 3.56. The van der Waals surface area contributed by atoms with Crippen molar-refractivity contribution in [3.8, 4) is 11.3 Å². The average Bonchev–Trinajstić information content (AvgIpc) is 2.94. The van der Waals surface area contributed by atoms with E-state index in [1.807, 2.05) is 37.4 Å². The molecule has 0 aliphatic carbocycles. The molecule has 0 unspecified atom stereocenters. The fourth-order valence-corrected chi connectivity index (χ4v) is 3.56. The quantitative estimate of drug-likeness (QED) is 0.698. The molecule has 0 aromatic carbocycles. The van der Waals surface area contributed by atoms with E-state index in [9.17, 15) is 0 Å². The number of aryl methyl sites for hydroxylation is 1. The lowest BCUT2D eigenvalue weighted by Gasteiger charge is -2.28. The van der Waals surface area contributed by atoms with E-state index in [-0.39, 0.29) is 0 Å². The van der Waals surface area contributed by atoms with Crippen molar-refractivity contribution in [2.24, 2.45) is 0 Å². The van der Waals surface area contributed by atoms with Gasteiger partial charge in [0.2, 0.25) is 0 Å². The lowest BCUT2D eigenvalue weighted by molar-refractivity contribution is 0.759. The Morgan fingerprint density at radius 1 is 1.10 bits per heavy atom. The predicted molar refractivity (Wildman–Crippen MR) is 119 cm³/mol. The van der Waals surface area contributed by atoms with Crippen LogP contribution in [0.1, 0.15) is 19.0 Å². The molecular formula is C23H26N6. The molecule has 6 heteroatoms. The van der Waals surface area contributed by atoms with E-state index in [1.165, 1.54) is 0 Å². The summed E-state index contributed by atoms with van der Waals surface area (Å²) in [5.41, 5.74) is 4.03. The van der Waals surface area contributed by atoms with Gasteiger partial charge in [0.1, 0.15) is 11.6 Å². The van der Waals surface area contributed by atoms with Gasteiger partial charge in [-0.15, -0.1) is 0 Å². The van der Waals surface area contributed by atoms with Crippen molar-refractivity contribution in [2.45, 2.75) is 20.3 Å². The summed E-state index contributed by atoms with van der Waals surface area (Å²) in [7, 11) is 0. The minimum atomic E-state index is 0.773. The van der Waals surface area contributed by atoms with E-state index in [4.69, 9.17) is 4.98 Å². The monoisotopic (exact) mass is 386 g/mol. The maximum atomic E-state index is 5.04. The van der Waals surface area contributed by atoms with Gasteiger partial charge < -0.3 is 15.1 Å². The second-order valence-corrected chi connectivity index (χ2v) is 7.10. The van der Waals surface area contributed by atoms with Gasteiger partial charge in [0, 0.05) is 43.3 Å². The van der Waals surface area contributed by atoms with Crippen LogP contribution in [0.2, 0.25) is 0 Å². The number of rotatable bonds is 5. The summed E-state index contributed by atoms with van der Waals surface area (Å²) in [6, 6.07) is 14.1. The third-order valence-electron chi connectivity index (χ3n) is 5.11. The molecule has 0 radical (unpaired) electrons. The zero-order chi connectivity index (χ0) is 20.2. The molecule has 0 atom stereocenters. The highest BCUT2D eigenvalue weighted by Crippen LogP contribution is 2.34. The van der Waals surface area contributed by atoms with Crippen LogP contribution in [-0.2, 0) is 0 Å². The van der Waals surface area contributed by atoms with Gasteiger partial charge in [0.25, 0.3) is 0 Å². The first-order valence-electron chi connectivity index (χ1n) is 9.99. The minimum absolute atomic E-state index is 0.773. The van der Waals surface area contributed by atoms with Crippen molar-refractivity contribution in [2.75, 3.05) is 34.8 Å². The number of nitrogens with zero attached hydrogens (tertiary/aromatic N) is 5. The first-order chi connectivity index (χ1) is 14.2. The molecule has 4 rings (SSSR count). The number of hydrogen-bond donors (Lipinski definition) is 1.